The Labute approximate surface area is 131 Å². The van der Waals surface area contributed by atoms with Gasteiger partial charge >= 0.3 is 0 Å². The minimum atomic E-state index is 0.812. The summed E-state index contributed by atoms with van der Waals surface area (Å²) in [6.45, 7) is 9.89. The average Bonchev–Trinajstić information content (AvgIpc) is 2.95. The number of aromatic nitrogens is 2. The fourth-order valence-electron chi connectivity index (χ4n) is 3.10. The van der Waals surface area contributed by atoms with Crippen LogP contribution in [-0.4, -0.2) is 53.3 Å². The van der Waals surface area contributed by atoms with Gasteiger partial charge in [0.15, 0.2) is 0 Å². The Kier molecular flexibility index (Phi) is 5.64. The second-order valence-electron chi connectivity index (χ2n) is 5.99. The van der Waals surface area contributed by atoms with Crippen molar-refractivity contribution in [3.05, 3.63) is 15.9 Å². The number of likely N-dealkylation sites (tertiary alicyclic amines) is 1. The summed E-state index contributed by atoms with van der Waals surface area (Å²) >= 11 is 3.74. The quantitative estimate of drug-likeness (QED) is 0.794. The van der Waals surface area contributed by atoms with Gasteiger partial charge in [0.1, 0.15) is 0 Å². The van der Waals surface area contributed by atoms with E-state index in [0.29, 0.717) is 0 Å². The first kappa shape index (κ1) is 16.0. The molecule has 2 rings (SSSR count). The average molecular weight is 343 g/mol. The van der Waals surface area contributed by atoms with Gasteiger partial charge in [-0.3, -0.25) is 4.68 Å². The van der Waals surface area contributed by atoms with Crippen molar-refractivity contribution in [2.75, 3.05) is 33.7 Å². The van der Waals surface area contributed by atoms with Crippen molar-refractivity contribution in [3.63, 3.8) is 0 Å². The van der Waals surface area contributed by atoms with E-state index in [1.165, 1.54) is 41.9 Å². The SMILES string of the molecule is CCc1nn(CC)c(CN(C)CC2CCN(C)C2)c1Br. The molecule has 1 unspecified atom stereocenters. The maximum Gasteiger partial charge on any atom is 0.0767 e. The van der Waals surface area contributed by atoms with E-state index in [2.05, 4.69) is 63.5 Å². The van der Waals surface area contributed by atoms with Crippen LogP contribution in [0.5, 0.6) is 0 Å². The van der Waals surface area contributed by atoms with Crippen molar-refractivity contribution in [1.29, 1.82) is 0 Å². The lowest BCUT2D eigenvalue weighted by Gasteiger charge is -2.21. The Morgan fingerprint density at radius 3 is 2.70 bits per heavy atom. The highest BCUT2D eigenvalue weighted by Crippen LogP contribution is 2.24. The molecule has 0 saturated carbocycles. The molecule has 1 aliphatic heterocycles. The number of nitrogens with zero attached hydrogens (tertiary/aromatic N) is 4. The third-order valence-corrected chi connectivity index (χ3v) is 5.09. The Morgan fingerprint density at radius 2 is 2.15 bits per heavy atom. The highest BCUT2D eigenvalue weighted by Gasteiger charge is 2.22. The fraction of sp³-hybridized carbons (Fsp3) is 0.800. The summed E-state index contributed by atoms with van der Waals surface area (Å²) in [5.74, 6) is 0.812. The van der Waals surface area contributed by atoms with Crippen LogP contribution in [0, 0.1) is 5.92 Å². The molecule has 1 atom stereocenters. The third-order valence-electron chi connectivity index (χ3n) is 4.17. The lowest BCUT2D eigenvalue weighted by Crippen LogP contribution is -2.28. The molecule has 1 aromatic heterocycles. The molecule has 0 aliphatic carbocycles. The number of hydrogen-bond donors (Lipinski definition) is 0. The normalized spacial score (nSPS) is 20.2. The Morgan fingerprint density at radius 1 is 1.40 bits per heavy atom. The highest BCUT2D eigenvalue weighted by atomic mass is 79.9. The summed E-state index contributed by atoms with van der Waals surface area (Å²) in [4.78, 5) is 4.87. The van der Waals surface area contributed by atoms with Gasteiger partial charge in [-0.05, 0) is 62.3 Å². The first-order chi connectivity index (χ1) is 9.55. The highest BCUT2D eigenvalue weighted by molar-refractivity contribution is 9.10. The van der Waals surface area contributed by atoms with Crippen molar-refractivity contribution < 1.29 is 0 Å². The Bertz CT molecular complexity index is 443. The van der Waals surface area contributed by atoms with E-state index in [1.807, 2.05) is 0 Å². The monoisotopic (exact) mass is 342 g/mol. The van der Waals surface area contributed by atoms with Gasteiger partial charge in [0.25, 0.3) is 0 Å². The van der Waals surface area contributed by atoms with Gasteiger partial charge in [-0.2, -0.15) is 5.10 Å². The molecule has 4 nitrogen and oxygen atoms in total. The molecule has 1 aliphatic rings. The first-order valence-corrected chi connectivity index (χ1v) is 8.45. The maximum absolute atomic E-state index is 4.68. The van der Waals surface area contributed by atoms with Crippen LogP contribution in [0.25, 0.3) is 0 Å². The van der Waals surface area contributed by atoms with Crippen LogP contribution < -0.4 is 0 Å². The second kappa shape index (κ2) is 7.05. The molecule has 0 amide bonds. The number of rotatable bonds is 6. The molecule has 20 heavy (non-hydrogen) atoms. The van der Waals surface area contributed by atoms with Gasteiger partial charge in [-0.1, -0.05) is 6.92 Å². The Balaban J connectivity index is 2.00. The molecule has 5 heteroatoms. The number of halogens is 1. The van der Waals surface area contributed by atoms with Crippen molar-refractivity contribution in [1.82, 2.24) is 19.6 Å². The van der Waals surface area contributed by atoms with Crippen LogP contribution in [-0.2, 0) is 19.5 Å². The van der Waals surface area contributed by atoms with Crippen LogP contribution in [0.2, 0.25) is 0 Å². The summed E-state index contributed by atoms with van der Waals surface area (Å²) in [7, 11) is 4.44. The summed E-state index contributed by atoms with van der Waals surface area (Å²) in [6, 6.07) is 0. The van der Waals surface area contributed by atoms with E-state index in [-0.39, 0.29) is 0 Å². The van der Waals surface area contributed by atoms with Gasteiger partial charge in [0.2, 0.25) is 0 Å². The van der Waals surface area contributed by atoms with Gasteiger partial charge in [-0.15, -0.1) is 0 Å². The van der Waals surface area contributed by atoms with Crippen molar-refractivity contribution in [3.8, 4) is 0 Å². The summed E-state index contributed by atoms with van der Waals surface area (Å²) in [5, 5.41) is 4.68. The summed E-state index contributed by atoms with van der Waals surface area (Å²) in [5.41, 5.74) is 2.49. The van der Waals surface area contributed by atoms with E-state index >= 15 is 0 Å². The van der Waals surface area contributed by atoms with E-state index in [1.54, 1.807) is 0 Å². The maximum atomic E-state index is 4.68. The van der Waals surface area contributed by atoms with Crippen LogP contribution in [0.15, 0.2) is 4.47 Å². The molecule has 1 fully saturated rings. The van der Waals surface area contributed by atoms with Crippen LogP contribution in [0.3, 0.4) is 0 Å². The third kappa shape index (κ3) is 3.62. The molecule has 0 aromatic carbocycles. The van der Waals surface area contributed by atoms with E-state index in [4.69, 9.17) is 0 Å². The van der Waals surface area contributed by atoms with E-state index in [0.717, 1.165) is 25.4 Å². The standard InChI is InChI=1S/C15H27BrN4/c1-5-13-15(16)14(20(6-2)17-13)11-19(4)10-12-7-8-18(3)9-12/h12H,5-11H2,1-4H3. The minimum Gasteiger partial charge on any atom is -0.306 e. The van der Waals surface area contributed by atoms with Crippen LogP contribution >= 0.6 is 15.9 Å². The molecular formula is C15H27BrN4. The molecule has 0 radical (unpaired) electrons. The molecule has 0 N–H and O–H groups in total. The topological polar surface area (TPSA) is 24.3 Å². The molecule has 1 aromatic rings. The zero-order valence-corrected chi connectivity index (χ0v) is 14.8. The lowest BCUT2D eigenvalue weighted by molar-refractivity contribution is 0.260. The van der Waals surface area contributed by atoms with Crippen molar-refractivity contribution >= 4 is 15.9 Å². The van der Waals surface area contributed by atoms with E-state index < -0.39 is 0 Å². The zero-order valence-electron chi connectivity index (χ0n) is 13.2. The van der Waals surface area contributed by atoms with Crippen molar-refractivity contribution in [2.45, 2.75) is 39.8 Å². The van der Waals surface area contributed by atoms with Crippen LogP contribution in [0.4, 0.5) is 0 Å². The first-order valence-electron chi connectivity index (χ1n) is 7.66. The van der Waals surface area contributed by atoms with Gasteiger partial charge in [-0.25, -0.2) is 0 Å². The second-order valence-corrected chi connectivity index (χ2v) is 6.78. The minimum absolute atomic E-state index is 0.812. The summed E-state index contributed by atoms with van der Waals surface area (Å²) < 4.78 is 3.34. The molecule has 1 saturated heterocycles. The summed E-state index contributed by atoms with van der Waals surface area (Å²) in [6.07, 6.45) is 2.31. The Hall–Kier alpha value is -0.390. The number of hydrogen-bond acceptors (Lipinski definition) is 3. The predicted molar refractivity (Wildman–Crippen MR) is 86.9 cm³/mol. The molecule has 114 valence electrons. The van der Waals surface area contributed by atoms with Crippen LogP contribution in [0.1, 0.15) is 31.7 Å². The largest absolute Gasteiger partial charge is 0.306 e. The predicted octanol–water partition coefficient (Wildman–Crippen LogP) is 2.61. The van der Waals surface area contributed by atoms with Gasteiger partial charge in [0, 0.05) is 26.2 Å². The van der Waals surface area contributed by atoms with Crippen molar-refractivity contribution in [2.24, 2.45) is 5.92 Å². The molecule has 0 spiro atoms. The van der Waals surface area contributed by atoms with E-state index in [9.17, 15) is 0 Å². The molecule has 2 heterocycles. The fourth-order valence-corrected chi connectivity index (χ4v) is 3.79. The molecule has 0 bridgehead atoms. The van der Waals surface area contributed by atoms with Gasteiger partial charge < -0.3 is 9.80 Å². The molecular weight excluding hydrogens is 316 g/mol. The number of aryl methyl sites for hydroxylation is 2. The van der Waals surface area contributed by atoms with Gasteiger partial charge in [0.05, 0.1) is 15.9 Å². The zero-order chi connectivity index (χ0) is 14.7. The lowest BCUT2D eigenvalue weighted by atomic mass is 10.1. The smallest absolute Gasteiger partial charge is 0.0767 e.